The molecule has 66 valence electrons. The highest BCUT2D eigenvalue weighted by Crippen LogP contribution is 2.13. The van der Waals surface area contributed by atoms with Gasteiger partial charge in [0.25, 0.3) is 0 Å². The molecular weight excluding hydrogens is 202 g/mol. The van der Waals surface area contributed by atoms with Crippen molar-refractivity contribution in [2.24, 2.45) is 0 Å². The average molecular weight is 208 g/mol. The van der Waals surface area contributed by atoms with Crippen LogP contribution >= 0.6 is 11.6 Å². The Kier molecular flexibility index (Phi) is 2.56. The maximum absolute atomic E-state index is 10.3. The van der Waals surface area contributed by atoms with Crippen LogP contribution in [0.25, 0.3) is 0 Å². The van der Waals surface area contributed by atoms with Crippen molar-refractivity contribution in [1.29, 1.82) is 0 Å². The molecule has 1 aromatic carbocycles. The van der Waals surface area contributed by atoms with Crippen LogP contribution in [-0.2, 0) is 10.3 Å². The Bertz CT molecular complexity index is 359. The van der Waals surface area contributed by atoms with Gasteiger partial charge in [0.05, 0.1) is 5.69 Å². The first-order valence-corrected chi connectivity index (χ1v) is 4.80. The molecule has 0 saturated heterocycles. The summed E-state index contributed by atoms with van der Waals surface area (Å²) in [6, 6.07) is 5.90. The molecule has 0 bridgehead atoms. The Morgan fingerprint density at radius 1 is 1.25 bits per heavy atom. The minimum absolute atomic E-state index is 0.266. The van der Waals surface area contributed by atoms with Crippen LogP contribution in [0.2, 0.25) is 5.02 Å². The molecule has 1 aromatic rings. The third-order valence-electron chi connectivity index (χ3n) is 1.09. The van der Waals surface area contributed by atoms with Gasteiger partial charge in [-0.05, 0) is 24.3 Å². The zero-order valence-corrected chi connectivity index (χ0v) is 7.43. The summed E-state index contributed by atoms with van der Waals surface area (Å²) in [7, 11) is -4.18. The highest BCUT2D eigenvalue weighted by molar-refractivity contribution is 7.87. The Labute approximate surface area is 75.0 Å². The first-order valence-electron chi connectivity index (χ1n) is 2.98. The predicted molar refractivity (Wildman–Crippen MR) is 46.6 cm³/mol. The summed E-state index contributed by atoms with van der Waals surface area (Å²) in [5, 5.41) is 0.496. The quantitative estimate of drug-likeness (QED) is 0.724. The summed E-state index contributed by atoms with van der Waals surface area (Å²) in [4.78, 5) is 0. The van der Waals surface area contributed by atoms with E-state index in [0.717, 1.165) is 0 Å². The molecule has 1 rings (SSSR count). The number of hydrogen-bond acceptors (Lipinski definition) is 2. The molecule has 0 saturated carbocycles. The SMILES string of the molecule is O=S(=O)(O)Nc1ccc(Cl)cc1. The van der Waals surface area contributed by atoms with Crippen molar-refractivity contribution >= 4 is 27.6 Å². The first kappa shape index (κ1) is 9.31. The van der Waals surface area contributed by atoms with Crippen LogP contribution in [0.3, 0.4) is 0 Å². The van der Waals surface area contributed by atoms with Crippen LogP contribution in [0, 0.1) is 0 Å². The van der Waals surface area contributed by atoms with E-state index in [4.69, 9.17) is 16.2 Å². The highest BCUT2D eigenvalue weighted by Gasteiger charge is 2.02. The van der Waals surface area contributed by atoms with Gasteiger partial charge in [0.15, 0.2) is 0 Å². The Morgan fingerprint density at radius 3 is 2.17 bits per heavy atom. The smallest absolute Gasteiger partial charge is 0.269 e. The molecular formula is C6H6ClNO3S. The van der Waals surface area contributed by atoms with E-state index in [1.807, 2.05) is 4.72 Å². The van der Waals surface area contributed by atoms with Crippen LogP contribution in [0.5, 0.6) is 0 Å². The molecule has 4 nitrogen and oxygen atoms in total. The largest absolute Gasteiger partial charge is 0.357 e. The van der Waals surface area contributed by atoms with Crippen LogP contribution in [0.15, 0.2) is 24.3 Å². The fourth-order valence-corrected chi connectivity index (χ4v) is 1.23. The number of anilines is 1. The summed E-state index contributed by atoms with van der Waals surface area (Å²) in [6.07, 6.45) is 0. The van der Waals surface area contributed by atoms with Gasteiger partial charge in [0.1, 0.15) is 0 Å². The van der Waals surface area contributed by atoms with E-state index < -0.39 is 10.3 Å². The molecule has 0 aliphatic heterocycles. The second kappa shape index (κ2) is 3.30. The lowest BCUT2D eigenvalue weighted by Crippen LogP contribution is -2.09. The maximum Gasteiger partial charge on any atom is 0.357 e. The molecule has 0 aliphatic carbocycles. The molecule has 0 radical (unpaired) electrons. The lowest BCUT2D eigenvalue weighted by atomic mass is 10.3. The third kappa shape index (κ3) is 3.08. The predicted octanol–water partition coefficient (Wildman–Crippen LogP) is 1.55. The van der Waals surface area contributed by atoms with Gasteiger partial charge in [0.2, 0.25) is 0 Å². The van der Waals surface area contributed by atoms with Crippen LogP contribution < -0.4 is 4.72 Å². The van der Waals surface area contributed by atoms with Gasteiger partial charge in [-0.15, -0.1) is 0 Å². The summed E-state index contributed by atoms with van der Waals surface area (Å²) in [6.45, 7) is 0. The van der Waals surface area contributed by atoms with E-state index in [2.05, 4.69) is 0 Å². The minimum atomic E-state index is -4.18. The van der Waals surface area contributed by atoms with Crippen molar-refractivity contribution in [3.05, 3.63) is 29.3 Å². The zero-order chi connectivity index (χ0) is 9.19. The topological polar surface area (TPSA) is 66.4 Å². The Hall–Kier alpha value is -0.780. The molecule has 12 heavy (non-hydrogen) atoms. The molecule has 6 heteroatoms. The fraction of sp³-hybridized carbons (Fsp3) is 0. The van der Waals surface area contributed by atoms with E-state index in [9.17, 15) is 8.42 Å². The summed E-state index contributed by atoms with van der Waals surface area (Å²) in [5.41, 5.74) is 0.266. The second-order valence-corrected chi connectivity index (χ2v) is 3.67. The van der Waals surface area contributed by atoms with Crippen molar-refractivity contribution in [1.82, 2.24) is 0 Å². The summed E-state index contributed by atoms with van der Waals surface area (Å²) >= 11 is 5.54. The number of halogens is 1. The fourth-order valence-electron chi connectivity index (χ4n) is 0.667. The van der Waals surface area contributed by atoms with Gasteiger partial charge in [-0.2, -0.15) is 8.42 Å². The van der Waals surface area contributed by atoms with Crippen molar-refractivity contribution in [2.45, 2.75) is 0 Å². The van der Waals surface area contributed by atoms with Gasteiger partial charge in [-0.1, -0.05) is 11.6 Å². The van der Waals surface area contributed by atoms with Gasteiger partial charge >= 0.3 is 10.3 Å². The lowest BCUT2D eigenvalue weighted by molar-refractivity contribution is 0.490. The standard InChI is InChI=1S/C6H6ClNO3S/c7-5-1-3-6(4-2-5)8-12(9,10)11/h1-4,8H,(H,9,10,11). The van der Waals surface area contributed by atoms with E-state index in [1.54, 1.807) is 0 Å². The summed E-state index contributed by atoms with van der Waals surface area (Å²) < 4.78 is 30.8. The van der Waals surface area contributed by atoms with Gasteiger partial charge in [-0.3, -0.25) is 9.27 Å². The van der Waals surface area contributed by atoms with Crippen LogP contribution in [0.4, 0.5) is 5.69 Å². The molecule has 0 aromatic heterocycles. The molecule has 0 unspecified atom stereocenters. The highest BCUT2D eigenvalue weighted by atomic mass is 35.5. The van der Waals surface area contributed by atoms with Crippen molar-refractivity contribution < 1.29 is 13.0 Å². The number of nitrogens with one attached hydrogen (secondary N) is 1. The Balaban J connectivity index is 2.85. The zero-order valence-electron chi connectivity index (χ0n) is 5.86. The first-order chi connectivity index (χ1) is 5.47. The molecule has 0 atom stereocenters. The molecule has 0 amide bonds. The van der Waals surface area contributed by atoms with Crippen LogP contribution in [0.1, 0.15) is 0 Å². The lowest BCUT2D eigenvalue weighted by Gasteiger charge is -2.00. The van der Waals surface area contributed by atoms with Crippen molar-refractivity contribution in [3.63, 3.8) is 0 Å². The average Bonchev–Trinajstić information content (AvgIpc) is 1.91. The van der Waals surface area contributed by atoms with Crippen LogP contribution in [-0.4, -0.2) is 13.0 Å². The minimum Gasteiger partial charge on any atom is -0.269 e. The molecule has 2 N–H and O–H groups in total. The van der Waals surface area contributed by atoms with Crippen molar-refractivity contribution in [2.75, 3.05) is 4.72 Å². The van der Waals surface area contributed by atoms with Gasteiger partial charge in [-0.25, -0.2) is 0 Å². The van der Waals surface area contributed by atoms with E-state index in [1.165, 1.54) is 24.3 Å². The molecule has 0 spiro atoms. The third-order valence-corrected chi connectivity index (χ3v) is 1.84. The number of hydrogen-bond donors (Lipinski definition) is 2. The van der Waals surface area contributed by atoms with E-state index in [-0.39, 0.29) is 5.69 Å². The van der Waals surface area contributed by atoms with E-state index in [0.29, 0.717) is 5.02 Å². The van der Waals surface area contributed by atoms with Crippen molar-refractivity contribution in [3.8, 4) is 0 Å². The maximum atomic E-state index is 10.3. The molecule has 0 aliphatic rings. The van der Waals surface area contributed by atoms with E-state index >= 15 is 0 Å². The number of rotatable bonds is 2. The summed E-state index contributed by atoms with van der Waals surface area (Å²) in [5.74, 6) is 0. The Morgan fingerprint density at radius 2 is 1.75 bits per heavy atom. The second-order valence-electron chi connectivity index (χ2n) is 2.08. The monoisotopic (exact) mass is 207 g/mol. The number of benzene rings is 1. The molecule has 0 fully saturated rings. The van der Waals surface area contributed by atoms with Gasteiger partial charge < -0.3 is 0 Å². The van der Waals surface area contributed by atoms with Gasteiger partial charge in [0, 0.05) is 5.02 Å². The molecule has 0 heterocycles. The normalized spacial score (nSPS) is 11.2.